The van der Waals surface area contributed by atoms with Crippen molar-refractivity contribution in [2.75, 3.05) is 31.6 Å². The van der Waals surface area contributed by atoms with E-state index in [1.165, 1.54) is 0 Å². The maximum absolute atomic E-state index is 12.6. The summed E-state index contributed by atoms with van der Waals surface area (Å²) in [7, 11) is 1.77. The number of nitrogens with zero attached hydrogens (tertiary/aromatic N) is 2. The lowest BCUT2D eigenvalue weighted by atomic mass is 10.2. The summed E-state index contributed by atoms with van der Waals surface area (Å²) in [5.74, 6) is 0.254. The van der Waals surface area contributed by atoms with Crippen molar-refractivity contribution in [2.45, 2.75) is 25.1 Å². The zero-order valence-corrected chi connectivity index (χ0v) is 15.8. The highest BCUT2D eigenvalue weighted by molar-refractivity contribution is 6.33. The van der Waals surface area contributed by atoms with Crippen molar-refractivity contribution in [3.05, 3.63) is 22.8 Å². The molecule has 0 aliphatic carbocycles. The van der Waals surface area contributed by atoms with Gasteiger partial charge in [0.25, 0.3) is 0 Å². The quantitative estimate of drug-likeness (QED) is 0.765. The summed E-state index contributed by atoms with van der Waals surface area (Å²) in [4.78, 5) is 17.3. The van der Waals surface area contributed by atoms with E-state index in [4.69, 9.17) is 11.6 Å². The van der Waals surface area contributed by atoms with E-state index in [9.17, 15) is 18.0 Å². The minimum Gasteiger partial charge on any atom is -0.353 e. The fourth-order valence-corrected chi connectivity index (χ4v) is 2.71. The van der Waals surface area contributed by atoms with Crippen molar-refractivity contribution < 1.29 is 18.0 Å². The molecule has 1 aliphatic heterocycles. The summed E-state index contributed by atoms with van der Waals surface area (Å²) in [6.07, 6.45) is -2.61. The predicted octanol–water partition coefficient (Wildman–Crippen LogP) is 2.90. The van der Waals surface area contributed by atoms with E-state index < -0.39 is 11.7 Å². The maximum Gasteiger partial charge on any atom is 0.417 e. The Kier molecular flexibility index (Phi) is 9.86. The number of hydrogen-bond donors (Lipinski definition) is 2. The third-order valence-corrected chi connectivity index (χ3v) is 3.88. The van der Waals surface area contributed by atoms with Crippen LogP contribution in [0.25, 0.3) is 0 Å². The highest BCUT2D eigenvalue weighted by Gasteiger charge is 2.33. The molecule has 25 heavy (non-hydrogen) atoms. The standard InChI is InChI=1S/C14H18ClF3N4O.2ClH/c1-19-4-2-12(23)21-10-3-5-22(8-10)13-11(15)6-9(7-20-13)14(16,17)18;;/h6-7,10,19H,2-5,8H2,1H3,(H,21,23);2*1H. The van der Waals surface area contributed by atoms with Crippen molar-refractivity contribution in [1.82, 2.24) is 15.6 Å². The van der Waals surface area contributed by atoms with Crippen LogP contribution in [0.3, 0.4) is 0 Å². The van der Waals surface area contributed by atoms with Gasteiger partial charge in [-0.05, 0) is 19.5 Å². The molecule has 1 fully saturated rings. The lowest BCUT2D eigenvalue weighted by Crippen LogP contribution is -2.38. The fourth-order valence-electron chi connectivity index (χ4n) is 2.43. The average Bonchev–Trinajstić information content (AvgIpc) is 2.92. The van der Waals surface area contributed by atoms with E-state index in [0.717, 1.165) is 12.3 Å². The van der Waals surface area contributed by atoms with Crippen LogP contribution in [0.5, 0.6) is 0 Å². The number of halogens is 6. The number of alkyl halides is 3. The van der Waals surface area contributed by atoms with E-state index in [0.29, 0.717) is 38.3 Å². The summed E-state index contributed by atoms with van der Waals surface area (Å²) < 4.78 is 37.9. The molecule has 2 heterocycles. The van der Waals surface area contributed by atoms with Crippen LogP contribution < -0.4 is 15.5 Å². The number of amides is 1. The highest BCUT2D eigenvalue weighted by atomic mass is 35.5. The Balaban J connectivity index is 0.00000288. The molecule has 5 nitrogen and oxygen atoms in total. The lowest BCUT2D eigenvalue weighted by Gasteiger charge is -2.20. The molecular weight excluding hydrogens is 404 g/mol. The van der Waals surface area contributed by atoms with E-state index in [1.54, 1.807) is 11.9 Å². The molecule has 1 atom stereocenters. The van der Waals surface area contributed by atoms with Gasteiger partial charge in [0.2, 0.25) is 5.91 Å². The van der Waals surface area contributed by atoms with Gasteiger partial charge in [-0.15, -0.1) is 24.8 Å². The highest BCUT2D eigenvalue weighted by Crippen LogP contribution is 2.34. The van der Waals surface area contributed by atoms with Crippen LogP contribution in [-0.2, 0) is 11.0 Å². The minimum atomic E-state index is -4.47. The van der Waals surface area contributed by atoms with Gasteiger partial charge in [0, 0.05) is 38.3 Å². The molecule has 2 rings (SSSR count). The van der Waals surface area contributed by atoms with Gasteiger partial charge in [-0.1, -0.05) is 11.6 Å². The van der Waals surface area contributed by atoms with Crippen LogP contribution in [0.4, 0.5) is 19.0 Å². The molecule has 1 saturated heterocycles. The lowest BCUT2D eigenvalue weighted by molar-refractivity contribution is -0.137. The summed E-state index contributed by atoms with van der Waals surface area (Å²) >= 11 is 5.94. The number of nitrogens with one attached hydrogen (secondary N) is 2. The van der Waals surface area contributed by atoms with Gasteiger partial charge in [0.05, 0.1) is 10.6 Å². The Bertz CT molecular complexity index is 575. The Morgan fingerprint density at radius 3 is 2.68 bits per heavy atom. The minimum absolute atomic E-state index is 0. The number of carbonyl (C=O) groups is 1. The average molecular weight is 424 g/mol. The van der Waals surface area contributed by atoms with Crippen molar-refractivity contribution >= 4 is 48.1 Å². The Morgan fingerprint density at radius 1 is 1.44 bits per heavy atom. The molecule has 0 radical (unpaired) electrons. The van der Waals surface area contributed by atoms with Crippen molar-refractivity contribution in [3.63, 3.8) is 0 Å². The van der Waals surface area contributed by atoms with Crippen molar-refractivity contribution in [1.29, 1.82) is 0 Å². The molecule has 1 aromatic heterocycles. The van der Waals surface area contributed by atoms with Gasteiger partial charge in [0.1, 0.15) is 5.82 Å². The Morgan fingerprint density at radius 2 is 2.12 bits per heavy atom. The number of anilines is 1. The fraction of sp³-hybridized carbons (Fsp3) is 0.571. The van der Waals surface area contributed by atoms with Gasteiger partial charge in [-0.25, -0.2) is 4.98 Å². The van der Waals surface area contributed by atoms with Gasteiger partial charge in [0.15, 0.2) is 0 Å². The molecule has 0 aromatic carbocycles. The van der Waals surface area contributed by atoms with Gasteiger partial charge in [-0.3, -0.25) is 4.79 Å². The van der Waals surface area contributed by atoms with Crippen molar-refractivity contribution in [3.8, 4) is 0 Å². The van der Waals surface area contributed by atoms with Gasteiger partial charge >= 0.3 is 6.18 Å². The Hall–Kier alpha value is -0.960. The second-order valence-electron chi connectivity index (χ2n) is 5.38. The van der Waals surface area contributed by atoms with Crippen LogP contribution >= 0.6 is 36.4 Å². The molecule has 1 aromatic rings. The van der Waals surface area contributed by atoms with Crippen LogP contribution in [0, 0.1) is 0 Å². The second kappa shape index (κ2) is 10.3. The number of pyridine rings is 1. The first-order chi connectivity index (χ1) is 10.8. The molecule has 0 saturated carbocycles. The van der Waals surface area contributed by atoms with Gasteiger partial charge in [-0.2, -0.15) is 13.2 Å². The first kappa shape index (κ1) is 24.0. The molecule has 1 amide bonds. The molecule has 0 bridgehead atoms. The number of rotatable bonds is 5. The normalized spacial score (nSPS) is 16.8. The number of aromatic nitrogens is 1. The SMILES string of the molecule is CNCCC(=O)NC1CCN(c2ncc(C(F)(F)F)cc2Cl)C1.Cl.Cl. The number of hydrogen-bond acceptors (Lipinski definition) is 4. The zero-order valence-electron chi connectivity index (χ0n) is 13.4. The smallest absolute Gasteiger partial charge is 0.353 e. The maximum atomic E-state index is 12.6. The van der Waals surface area contributed by atoms with E-state index in [1.807, 2.05) is 0 Å². The van der Waals surface area contributed by atoms with E-state index in [2.05, 4.69) is 15.6 Å². The summed E-state index contributed by atoms with van der Waals surface area (Å²) in [6, 6.07) is 0.822. The largest absolute Gasteiger partial charge is 0.417 e. The first-order valence-electron chi connectivity index (χ1n) is 7.23. The summed E-state index contributed by atoms with van der Waals surface area (Å²) in [5.41, 5.74) is -0.873. The summed E-state index contributed by atoms with van der Waals surface area (Å²) in [5, 5.41) is 5.75. The van der Waals surface area contributed by atoms with Crippen molar-refractivity contribution in [2.24, 2.45) is 0 Å². The molecule has 11 heteroatoms. The third kappa shape index (κ3) is 6.69. The first-order valence-corrected chi connectivity index (χ1v) is 7.60. The third-order valence-electron chi connectivity index (χ3n) is 3.60. The molecule has 1 unspecified atom stereocenters. The summed E-state index contributed by atoms with van der Waals surface area (Å²) in [6.45, 7) is 1.65. The van der Waals surface area contributed by atoms with Gasteiger partial charge < -0.3 is 15.5 Å². The Labute approximate surface area is 161 Å². The topological polar surface area (TPSA) is 57.3 Å². The van der Waals surface area contributed by atoms with E-state index >= 15 is 0 Å². The molecular formula is C14H20Cl3F3N4O. The van der Waals surface area contributed by atoms with Crippen LogP contribution in [0.15, 0.2) is 12.3 Å². The molecule has 0 spiro atoms. The van der Waals surface area contributed by atoms with Crippen LogP contribution in [0.1, 0.15) is 18.4 Å². The van der Waals surface area contributed by atoms with E-state index in [-0.39, 0.29) is 41.8 Å². The monoisotopic (exact) mass is 422 g/mol. The van der Waals surface area contributed by atoms with Crippen LogP contribution in [-0.4, -0.2) is 43.6 Å². The molecule has 2 N–H and O–H groups in total. The zero-order chi connectivity index (χ0) is 17.0. The molecule has 144 valence electrons. The predicted molar refractivity (Wildman–Crippen MR) is 96.0 cm³/mol. The second-order valence-corrected chi connectivity index (χ2v) is 5.79. The number of carbonyl (C=O) groups excluding carboxylic acids is 1. The van der Waals surface area contributed by atoms with Crippen LogP contribution in [0.2, 0.25) is 5.02 Å². The molecule has 1 aliphatic rings.